The first-order valence-electron chi connectivity index (χ1n) is 9.68. The maximum atomic E-state index is 12.3. The van der Waals surface area contributed by atoms with Crippen LogP contribution in [0.25, 0.3) is 0 Å². The summed E-state index contributed by atoms with van der Waals surface area (Å²) < 4.78 is 21.6. The number of carbonyl (C=O) groups excluding carboxylic acids is 2. The highest BCUT2D eigenvalue weighted by Crippen LogP contribution is 2.33. The molecule has 3 aliphatic rings. The van der Waals surface area contributed by atoms with E-state index in [0.717, 1.165) is 25.2 Å². The molecule has 3 heterocycles. The molecular weight excluding hydrogens is 364 g/mol. The molecule has 0 spiro atoms. The van der Waals surface area contributed by atoms with Crippen molar-refractivity contribution >= 4 is 11.9 Å². The Balaban J connectivity index is 1.34. The molecule has 2 atom stereocenters. The Bertz CT molecular complexity index is 733. The summed E-state index contributed by atoms with van der Waals surface area (Å²) in [6, 6.07) is 5.75. The van der Waals surface area contributed by atoms with Crippen LogP contribution in [-0.4, -0.2) is 81.4 Å². The standard InChI is InChI=1S/C20H26N2O6/c1-25-18-8-14(9-21-10-15-12-28-20(24)16(15)11-21)2-3-17(18)27-13-19(23)22-4-6-26-7-5-22/h2-3,8,15-16H,4-7,9-13H2,1H3/t15-,16-/m1/s1. The minimum atomic E-state index is -0.0706. The number of nitrogens with zero attached hydrogens (tertiary/aromatic N) is 2. The first kappa shape index (κ1) is 19.0. The quantitative estimate of drug-likeness (QED) is 0.656. The average Bonchev–Trinajstić information content (AvgIpc) is 3.28. The molecule has 0 N–H and O–H groups in total. The van der Waals surface area contributed by atoms with E-state index in [1.54, 1.807) is 12.0 Å². The number of rotatable bonds is 6. The highest BCUT2D eigenvalue weighted by molar-refractivity contribution is 5.78. The summed E-state index contributed by atoms with van der Waals surface area (Å²) in [6.45, 7) is 5.19. The third-order valence-corrected chi connectivity index (χ3v) is 5.61. The van der Waals surface area contributed by atoms with Gasteiger partial charge in [0.15, 0.2) is 18.1 Å². The Hall–Kier alpha value is -2.32. The van der Waals surface area contributed by atoms with Crippen LogP contribution in [-0.2, 0) is 25.6 Å². The number of esters is 1. The molecule has 0 unspecified atom stereocenters. The second kappa shape index (κ2) is 8.36. The normalized spacial score (nSPS) is 24.8. The number of fused-ring (bicyclic) bond motifs is 1. The van der Waals surface area contributed by atoms with Gasteiger partial charge in [0.1, 0.15) is 0 Å². The maximum Gasteiger partial charge on any atom is 0.310 e. The molecule has 8 nitrogen and oxygen atoms in total. The minimum Gasteiger partial charge on any atom is -0.493 e. The van der Waals surface area contributed by atoms with Crippen LogP contribution < -0.4 is 9.47 Å². The van der Waals surface area contributed by atoms with Crippen molar-refractivity contribution in [1.29, 1.82) is 0 Å². The van der Waals surface area contributed by atoms with Crippen LogP contribution in [0.3, 0.4) is 0 Å². The number of morpholine rings is 1. The summed E-state index contributed by atoms with van der Waals surface area (Å²) >= 11 is 0. The number of hydrogen-bond acceptors (Lipinski definition) is 7. The molecule has 28 heavy (non-hydrogen) atoms. The van der Waals surface area contributed by atoms with Crippen molar-refractivity contribution in [3.05, 3.63) is 23.8 Å². The predicted octanol–water partition coefficient (Wildman–Crippen LogP) is 0.538. The Kier molecular flexibility index (Phi) is 5.68. The van der Waals surface area contributed by atoms with Crippen molar-refractivity contribution < 1.29 is 28.5 Å². The Morgan fingerprint density at radius 1 is 1.21 bits per heavy atom. The zero-order valence-electron chi connectivity index (χ0n) is 16.1. The van der Waals surface area contributed by atoms with Gasteiger partial charge in [0, 0.05) is 38.6 Å². The van der Waals surface area contributed by atoms with E-state index in [1.807, 2.05) is 18.2 Å². The van der Waals surface area contributed by atoms with E-state index in [2.05, 4.69) is 4.90 Å². The fourth-order valence-corrected chi connectivity index (χ4v) is 4.05. The minimum absolute atomic E-state index is 0.00991. The molecule has 4 rings (SSSR count). The van der Waals surface area contributed by atoms with E-state index < -0.39 is 0 Å². The highest BCUT2D eigenvalue weighted by Gasteiger charge is 2.43. The molecule has 0 aromatic heterocycles. The molecule has 152 valence electrons. The van der Waals surface area contributed by atoms with Crippen molar-refractivity contribution in [3.8, 4) is 11.5 Å². The summed E-state index contributed by atoms with van der Waals surface area (Å²) in [6.07, 6.45) is 0. The van der Waals surface area contributed by atoms with E-state index in [4.69, 9.17) is 18.9 Å². The fraction of sp³-hybridized carbons (Fsp3) is 0.600. The molecule has 3 saturated heterocycles. The van der Waals surface area contributed by atoms with Crippen LogP contribution in [0.4, 0.5) is 0 Å². The lowest BCUT2D eigenvalue weighted by atomic mass is 10.0. The lowest BCUT2D eigenvalue weighted by Crippen LogP contribution is -2.43. The highest BCUT2D eigenvalue weighted by atomic mass is 16.5. The van der Waals surface area contributed by atoms with E-state index in [1.165, 1.54) is 0 Å². The summed E-state index contributed by atoms with van der Waals surface area (Å²) in [7, 11) is 1.59. The molecule has 1 aromatic rings. The number of ether oxygens (including phenoxy) is 4. The number of carbonyl (C=O) groups is 2. The number of hydrogen-bond donors (Lipinski definition) is 0. The summed E-state index contributed by atoms with van der Waals surface area (Å²) in [5.41, 5.74) is 1.08. The van der Waals surface area contributed by atoms with Crippen molar-refractivity contribution in [2.24, 2.45) is 11.8 Å². The Labute approximate surface area is 164 Å². The summed E-state index contributed by atoms with van der Waals surface area (Å²) in [4.78, 5) is 28.0. The van der Waals surface area contributed by atoms with Gasteiger partial charge in [-0.1, -0.05) is 6.07 Å². The van der Waals surface area contributed by atoms with Gasteiger partial charge in [-0.25, -0.2) is 0 Å². The van der Waals surface area contributed by atoms with Gasteiger partial charge in [0.25, 0.3) is 5.91 Å². The van der Waals surface area contributed by atoms with Gasteiger partial charge in [0.2, 0.25) is 0 Å². The third kappa shape index (κ3) is 4.07. The second-order valence-corrected chi connectivity index (χ2v) is 7.46. The number of likely N-dealkylation sites (tertiary alicyclic amines) is 1. The lowest BCUT2D eigenvalue weighted by molar-refractivity contribution is -0.141. The topological polar surface area (TPSA) is 77.5 Å². The number of cyclic esters (lactones) is 1. The largest absolute Gasteiger partial charge is 0.493 e. The second-order valence-electron chi connectivity index (χ2n) is 7.46. The average molecular weight is 390 g/mol. The van der Waals surface area contributed by atoms with Crippen LogP contribution in [0.2, 0.25) is 0 Å². The van der Waals surface area contributed by atoms with E-state index in [9.17, 15) is 9.59 Å². The first-order chi connectivity index (χ1) is 13.6. The number of amides is 1. The Morgan fingerprint density at radius 3 is 2.79 bits per heavy atom. The van der Waals surface area contributed by atoms with Crippen molar-refractivity contribution in [2.75, 3.05) is 59.7 Å². The van der Waals surface area contributed by atoms with Crippen LogP contribution in [0, 0.1) is 11.8 Å². The SMILES string of the molecule is COc1cc(CN2C[C@@H]3COC(=O)[C@@H]3C2)ccc1OCC(=O)N1CCOCC1. The van der Waals surface area contributed by atoms with E-state index in [0.29, 0.717) is 50.3 Å². The van der Waals surface area contributed by atoms with E-state index in [-0.39, 0.29) is 24.4 Å². The van der Waals surface area contributed by atoms with Crippen LogP contribution in [0.15, 0.2) is 18.2 Å². The van der Waals surface area contributed by atoms with Gasteiger partial charge in [0.05, 0.1) is 32.8 Å². The third-order valence-electron chi connectivity index (χ3n) is 5.61. The number of methoxy groups -OCH3 is 1. The zero-order valence-corrected chi connectivity index (χ0v) is 16.1. The molecule has 0 bridgehead atoms. The smallest absolute Gasteiger partial charge is 0.310 e. The maximum absolute atomic E-state index is 12.3. The fourth-order valence-electron chi connectivity index (χ4n) is 4.05. The summed E-state index contributed by atoms with van der Waals surface area (Å²) in [5, 5.41) is 0. The zero-order chi connectivity index (χ0) is 19.5. The number of benzene rings is 1. The van der Waals surface area contributed by atoms with Gasteiger partial charge >= 0.3 is 5.97 Å². The van der Waals surface area contributed by atoms with E-state index >= 15 is 0 Å². The molecule has 3 aliphatic heterocycles. The van der Waals surface area contributed by atoms with Crippen molar-refractivity contribution in [3.63, 3.8) is 0 Å². The molecule has 8 heteroatoms. The molecular formula is C20H26N2O6. The van der Waals surface area contributed by atoms with Crippen LogP contribution in [0.5, 0.6) is 11.5 Å². The van der Waals surface area contributed by atoms with Gasteiger partial charge in [-0.05, 0) is 17.7 Å². The first-order valence-corrected chi connectivity index (χ1v) is 9.68. The molecule has 3 fully saturated rings. The van der Waals surface area contributed by atoms with Gasteiger partial charge in [-0.15, -0.1) is 0 Å². The molecule has 0 radical (unpaired) electrons. The molecule has 1 amide bonds. The molecule has 0 aliphatic carbocycles. The van der Waals surface area contributed by atoms with Crippen molar-refractivity contribution in [2.45, 2.75) is 6.54 Å². The summed E-state index contributed by atoms with van der Waals surface area (Å²) in [5.74, 6) is 1.35. The van der Waals surface area contributed by atoms with Crippen LogP contribution in [0.1, 0.15) is 5.56 Å². The van der Waals surface area contributed by atoms with Gasteiger partial charge in [-0.2, -0.15) is 0 Å². The molecule has 1 aromatic carbocycles. The monoisotopic (exact) mass is 390 g/mol. The van der Waals surface area contributed by atoms with Gasteiger partial charge in [-0.3, -0.25) is 14.5 Å². The van der Waals surface area contributed by atoms with Gasteiger partial charge < -0.3 is 23.8 Å². The van der Waals surface area contributed by atoms with Crippen molar-refractivity contribution in [1.82, 2.24) is 9.80 Å². The Morgan fingerprint density at radius 2 is 2.04 bits per heavy atom. The van der Waals surface area contributed by atoms with Crippen LogP contribution >= 0.6 is 0 Å². The molecule has 0 saturated carbocycles. The predicted molar refractivity (Wildman–Crippen MR) is 99.1 cm³/mol. The lowest BCUT2D eigenvalue weighted by Gasteiger charge is -2.26.